The van der Waals surface area contributed by atoms with E-state index in [0.29, 0.717) is 22.6 Å². The Morgan fingerprint density at radius 2 is 1.94 bits per heavy atom. The number of anilines is 1. The monoisotopic (exact) mass is 262 g/mol. The average molecular weight is 263 g/mol. The first-order valence-electron chi connectivity index (χ1n) is 5.72. The van der Waals surface area contributed by atoms with Gasteiger partial charge in [0.2, 0.25) is 0 Å². The number of rotatable bonds is 3. The van der Waals surface area contributed by atoms with Crippen LogP contribution in [-0.4, -0.2) is 9.97 Å². The first-order valence-corrected chi connectivity index (χ1v) is 6.10. The van der Waals surface area contributed by atoms with Gasteiger partial charge < -0.3 is 5.43 Å². The van der Waals surface area contributed by atoms with E-state index < -0.39 is 0 Å². The van der Waals surface area contributed by atoms with Crippen LogP contribution in [-0.2, 0) is 0 Å². The summed E-state index contributed by atoms with van der Waals surface area (Å²) in [4.78, 5) is 8.85. The maximum Gasteiger partial charge on any atom is 0.163 e. The minimum Gasteiger partial charge on any atom is -0.308 e. The van der Waals surface area contributed by atoms with Gasteiger partial charge in [0, 0.05) is 17.3 Å². The van der Waals surface area contributed by atoms with Crippen LogP contribution in [0.2, 0.25) is 5.02 Å². The van der Waals surface area contributed by atoms with Gasteiger partial charge in [-0.05, 0) is 18.1 Å². The van der Waals surface area contributed by atoms with Crippen molar-refractivity contribution >= 4 is 17.4 Å². The number of halogens is 1. The Kier molecular flexibility index (Phi) is 3.79. The molecule has 2 aromatic rings. The molecule has 18 heavy (non-hydrogen) atoms. The molecule has 0 fully saturated rings. The van der Waals surface area contributed by atoms with E-state index in [9.17, 15) is 0 Å². The summed E-state index contributed by atoms with van der Waals surface area (Å²) in [7, 11) is 0. The van der Waals surface area contributed by atoms with Crippen molar-refractivity contribution in [2.45, 2.75) is 19.8 Å². The number of hydrogen-bond acceptors (Lipinski definition) is 4. The van der Waals surface area contributed by atoms with Crippen LogP contribution >= 0.6 is 11.6 Å². The van der Waals surface area contributed by atoms with Gasteiger partial charge in [-0.1, -0.05) is 37.6 Å². The topological polar surface area (TPSA) is 63.8 Å². The van der Waals surface area contributed by atoms with Crippen LogP contribution in [0.5, 0.6) is 0 Å². The molecule has 4 nitrogen and oxygen atoms in total. The van der Waals surface area contributed by atoms with Crippen LogP contribution in [0, 0.1) is 0 Å². The summed E-state index contributed by atoms with van der Waals surface area (Å²) in [6, 6.07) is 9.33. The molecular weight excluding hydrogens is 248 g/mol. The number of nitrogens with two attached hydrogens (primary N) is 1. The Labute approximate surface area is 111 Å². The predicted molar refractivity (Wildman–Crippen MR) is 74.4 cm³/mol. The number of aromatic nitrogens is 2. The molecule has 0 spiro atoms. The summed E-state index contributed by atoms with van der Waals surface area (Å²) in [6.45, 7) is 4.14. The first-order chi connectivity index (χ1) is 8.61. The molecule has 0 saturated heterocycles. The minimum absolute atomic E-state index is 0.293. The number of nitrogen functional groups attached to an aromatic ring is 1. The summed E-state index contributed by atoms with van der Waals surface area (Å²) in [5.74, 6) is 6.89. The lowest BCUT2D eigenvalue weighted by molar-refractivity contribution is 0.817. The second-order valence-electron chi connectivity index (χ2n) is 4.28. The summed E-state index contributed by atoms with van der Waals surface area (Å²) in [5, 5.41) is 0.626. The largest absolute Gasteiger partial charge is 0.308 e. The molecule has 1 aromatic carbocycles. The van der Waals surface area contributed by atoms with Gasteiger partial charge in [-0.2, -0.15) is 0 Å². The van der Waals surface area contributed by atoms with E-state index in [1.54, 1.807) is 0 Å². The Morgan fingerprint density at radius 1 is 1.22 bits per heavy atom. The predicted octanol–water partition coefficient (Wildman–Crippen LogP) is 3.21. The Hall–Kier alpha value is -1.65. The third kappa shape index (κ3) is 2.60. The summed E-state index contributed by atoms with van der Waals surface area (Å²) < 4.78 is 0. The van der Waals surface area contributed by atoms with Crippen molar-refractivity contribution in [3.05, 3.63) is 41.0 Å². The second kappa shape index (κ2) is 5.33. The van der Waals surface area contributed by atoms with Crippen molar-refractivity contribution in [1.82, 2.24) is 9.97 Å². The van der Waals surface area contributed by atoms with Gasteiger partial charge in [0.1, 0.15) is 5.82 Å². The molecule has 1 aromatic heterocycles. The fourth-order valence-electron chi connectivity index (χ4n) is 1.60. The van der Waals surface area contributed by atoms with Gasteiger partial charge in [-0.3, -0.25) is 0 Å². The lowest BCUT2D eigenvalue weighted by Gasteiger charge is -2.10. The van der Waals surface area contributed by atoms with Crippen molar-refractivity contribution in [1.29, 1.82) is 0 Å². The Bertz CT molecular complexity index is 554. The molecule has 5 heteroatoms. The molecule has 0 aliphatic heterocycles. The fraction of sp³-hybridized carbons (Fsp3) is 0.231. The van der Waals surface area contributed by atoms with E-state index in [0.717, 1.165) is 11.3 Å². The molecule has 0 unspecified atom stereocenters. The normalized spacial score (nSPS) is 10.7. The Balaban J connectivity index is 2.57. The maximum atomic E-state index is 6.15. The molecule has 1 heterocycles. The summed E-state index contributed by atoms with van der Waals surface area (Å²) >= 11 is 6.15. The summed E-state index contributed by atoms with van der Waals surface area (Å²) in [6.07, 6.45) is 0. The van der Waals surface area contributed by atoms with Crippen LogP contribution < -0.4 is 11.3 Å². The van der Waals surface area contributed by atoms with E-state index in [1.165, 1.54) is 0 Å². The highest BCUT2D eigenvalue weighted by atomic mass is 35.5. The van der Waals surface area contributed by atoms with Crippen LogP contribution in [0.15, 0.2) is 30.3 Å². The molecule has 0 atom stereocenters. The molecule has 3 N–H and O–H groups in total. The molecule has 0 saturated carbocycles. The SMILES string of the molecule is CC(C)c1cc(NN)nc(-c2ccccc2Cl)n1. The summed E-state index contributed by atoms with van der Waals surface area (Å²) in [5.41, 5.74) is 4.29. The minimum atomic E-state index is 0.293. The molecule has 0 radical (unpaired) electrons. The number of hydrazine groups is 1. The van der Waals surface area contributed by atoms with Crippen LogP contribution in [0.4, 0.5) is 5.82 Å². The number of nitrogens with one attached hydrogen (secondary N) is 1. The first kappa shape index (κ1) is 12.8. The van der Waals surface area contributed by atoms with Crippen molar-refractivity contribution in [3.63, 3.8) is 0 Å². The van der Waals surface area contributed by atoms with E-state index in [2.05, 4.69) is 29.2 Å². The molecule has 2 rings (SSSR count). The molecule has 0 aliphatic carbocycles. The average Bonchev–Trinajstić information content (AvgIpc) is 2.38. The third-order valence-electron chi connectivity index (χ3n) is 2.60. The van der Waals surface area contributed by atoms with Crippen LogP contribution in [0.1, 0.15) is 25.5 Å². The lowest BCUT2D eigenvalue weighted by atomic mass is 10.1. The quantitative estimate of drug-likeness (QED) is 0.659. The molecule has 0 bridgehead atoms. The van der Waals surface area contributed by atoms with Gasteiger partial charge >= 0.3 is 0 Å². The zero-order valence-corrected chi connectivity index (χ0v) is 11.1. The van der Waals surface area contributed by atoms with Crippen LogP contribution in [0.25, 0.3) is 11.4 Å². The van der Waals surface area contributed by atoms with Gasteiger partial charge in [0.15, 0.2) is 5.82 Å². The molecule has 0 aliphatic rings. The van der Waals surface area contributed by atoms with Crippen LogP contribution in [0.3, 0.4) is 0 Å². The standard InChI is InChI=1S/C13H15ClN4/c1-8(2)11-7-12(18-15)17-13(16-11)9-5-3-4-6-10(9)14/h3-8H,15H2,1-2H3,(H,16,17,18). The number of benzene rings is 1. The third-order valence-corrected chi connectivity index (χ3v) is 2.93. The van der Waals surface area contributed by atoms with E-state index in [4.69, 9.17) is 17.4 Å². The highest BCUT2D eigenvalue weighted by Crippen LogP contribution is 2.27. The van der Waals surface area contributed by atoms with Gasteiger partial charge in [0.05, 0.1) is 5.02 Å². The number of hydrogen-bond donors (Lipinski definition) is 2. The van der Waals surface area contributed by atoms with Crippen molar-refractivity contribution in [2.75, 3.05) is 5.43 Å². The zero-order chi connectivity index (χ0) is 13.1. The van der Waals surface area contributed by atoms with Crippen molar-refractivity contribution < 1.29 is 0 Å². The highest BCUT2D eigenvalue weighted by molar-refractivity contribution is 6.33. The zero-order valence-electron chi connectivity index (χ0n) is 10.3. The van der Waals surface area contributed by atoms with Gasteiger partial charge in [0.25, 0.3) is 0 Å². The molecule has 94 valence electrons. The van der Waals surface area contributed by atoms with Gasteiger partial charge in [-0.25, -0.2) is 15.8 Å². The van der Waals surface area contributed by atoms with Crippen molar-refractivity contribution in [2.24, 2.45) is 5.84 Å². The molecular formula is C13H15ClN4. The number of nitrogens with zero attached hydrogens (tertiary/aromatic N) is 2. The maximum absolute atomic E-state index is 6.15. The van der Waals surface area contributed by atoms with Gasteiger partial charge in [-0.15, -0.1) is 0 Å². The fourth-order valence-corrected chi connectivity index (χ4v) is 1.82. The Morgan fingerprint density at radius 3 is 2.56 bits per heavy atom. The highest BCUT2D eigenvalue weighted by Gasteiger charge is 2.11. The van der Waals surface area contributed by atoms with Crippen molar-refractivity contribution in [3.8, 4) is 11.4 Å². The second-order valence-corrected chi connectivity index (χ2v) is 4.69. The smallest absolute Gasteiger partial charge is 0.163 e. The lowest BCUT2D eigenvalue weighted by Crippen LogP contribution is -2.11. The van der Waals surface area contributed by atoms with E-state index in [1.807, 2.05) is 30.3 Å². The molecule has 0 amide bonds. The van der Waals surface area contributed by atoms with E-state index >= 15 is 0 Å². The van der Waals surface area contributed by atoms with E-state index in [-0.39, 0.29) is 0 Å².